The lowest BCUT2D eigenvalue weighted by atomic mass is 10.1. The quantitative estimate of drug-likeness (QED) is 0.686. The van der Waals surface area contributed by atoms with E-state index in [9.17, 15) is 9.18 Å². The first-order chi connectivity index (χ1) is 13.0. The van der Waals surface area contributed by atoms with E-state index < -0.39 is 6.10 Å². The maximum absolute atomic E-state index is 14.2. The molecule has 2 aromatic rings. The van der Waals surface area contributed by atoms with Gasteiger partial charge in [-0.3, -0.25) is 4.79 Å². The van der Waals surface area contributed by atoms with E-state index in [4.69, 9.17) is 9.47 Å². The van der Waals surface area contributed by atoms with Crippen molar-refractivity contribution in [3.63, 3.8) is 0 Å². The molecule has 144 valence electrons. The zero-order valence-corrected chi connectivity index (χ0v) is 16.0. The van der Waals surface area contributed by atoms with Gasteiger partial charge < -0.3 is 14.4 Å². The van der Waals surface area contributed by atoms with Gasteiger partial charge in [0.15, 0.2) is 0 Å². The van der Waals surface area contributed by atoms with Crippen LogP contribution in [-0.4, -0.2) is 30.1 Å². The van der Waals surface area contributed by atoms with Crippen LogP contribution in [0.1, 0.15) is 43.9 Å². The number of rotatable bonds is 8. The number of carbonyl (C=O) groups is 1. The Balaban J connectivity index is 1.68. The Hall–Kier alpha value is -2.40. The molecule has 1 saturated carbocycles. The van der Waals surface area contributed by atoms with E-state index >= 15 is 0 Å². The van der Waals surface area contributed by atoms with Crippen LogP contribution in [0.2, 0.25) is 0 Å². The van der Waals surface area contributed by atoms with Crippen LogP contribution in [0, 0.1) is 5.82 Å². The standard InChI is InChI=1S/C22H26FNO3/c1-15(20-9-4-5-10-21(20)23)24(18-11-12-18)22(25)16(2)27-14-17-7-6-8-19(13-17)26-3/h4-10,13,15-16,18H,11-12,14H2,1-3H3. The van der Waals surface area contributed by atoms with E-state index in [1.807, 2.05) is 31.2 Å². The number of ether oxygens (including phenoxy) is 2. The summed E-state index contributed by atoms with van der Waals surface area (Å²) >= 11 is 0. The summed E-state index contributed by atoms with van der Waals surface area (Å²) in [5, 5.41) is 0. The summed E-state index contributed by atoms with van der Waals surface area (Å²) in [4.78, 5) is 14.8. The minimum absolute atomic E-state index is 0.101. The van der Waals surface area contributed by atoms with Crippen molar-refractivity contribution in [2.45, 2.75) is 51.5 Å². The second kappa shape index (κ2) is 8.53. The van der Waals surface area contributed by atoms with E-state index in [1.54, 1.807) is 37.1 Å². The fourth-order valence-electron chi connectivity index (χ4n) is 3.27. The molecular weight excluding hydrogens is 345 g/mol. The molecular formula is C22H26FNO3. The lowest BCUT2D eigenvalue weighted by Crippen LogP contribution is -2.42. The number of nitrogens with zero attached hydrogens (tertiary/aromatic N) is 1. The summed E-state index contributed by atoms with van der Waals surface area (Å²) in [6.07, 6.45) is 1.30. The zero-order valence-electron chi connectivity index (χ0n) is 16.0. The van der Waals surface area contributed by atoms with Crippen LogP contribution < -0.4 is 4.74 Å². The van der Waals surface area contributed by atoms with Crippen molar-refractivity contribution in [1.82, 2.24) is 4.90 Å². The largest absolute Gasteiger partial charge is 0.497 e. The first-order valence-electron chi connectivity index (χ1n) is 9.32. The van der Waals surface area contributed by atoms with Crippen molar-refractivity contribution < 1.29 is 18.7 Å². The van der Waals surface area contributed by atoms with Gasteiger partial charge in [0.25, 0.3) is 5.91 Å². The van der Waals surface area contributed by atoms with Crippen LogP contribution in [0.4, 0.5) is 4.39 Å². The second-order valence-corrected chi connectivity index (χ2v) is 6.98. The fourth-order valence-corrected chi connectivity index (χ4v) is 3.27. The number of hydrogen-bond donors (Lipinski definition) is 0. The molecule has 2 aromatic carbocycles. The second-order valence-electron chi connectivity index (χ2n) is 6.98. The number of benzene rings is 2. The van der Waals surface area contributed by atoms with Crippen molar-refractivity contribution in [3.8, 4) is 5.75 Å². The first-order valence-corrected chi connectivity index (χ1v) is 9.32. The highest BCUT2D eigenvalue weighted by molar-refractivity contribution is 5.81. The summed E-state index contributed by atoms with van der Waals surface area (Å²) < 4.78 is 25.2. The summed E-state index contributed by atoms with van der Waals surface area (Å²) in [6.45, 7) is 3.95. The van der Waals surface area contributed by atoms with E-state index in [-0.39, 0.29) is 23.8 Å². The van der Waals surface area contributed by atoms with Crippen LogP contribution in [0.25, 0.3) is 0 Å². The van der Waals surface area contributed by atoms with Gasteiger partial charge in [0.1, 0.15) is 17.7 Å². The molecule has 1 aliphatic rings. The van der Waals surface area contributed by atoms with Crippen LogP contribution in [0.5, 0.6) is 5.75 Å². The van der Waals surface area contributed by atoms with Crippen molar-refractivity contribution in [2.75, 3.05) is 7.11 Å². The molecule has 1 amide bonds. The molecule has 0 radical (unpaired) electrons. The van der Waals surface area contributed by atoms with E-state index in [0.29, 0.717) is 12.2 Å². The average Bonchev–Trinajstić information content (AvgIpc) is 3.51. The number of methoxy groups -OCH3 is 1. The Labute approximate surface area is 159 Å². The van der Waals surface area contributed by atoms with Crippen molar-refractivity contribution in [2.24, 2.45) is 0 Å². The molecule has 0 aromatic heterocycles. The molecule has 5 heteroatoms. The van der Waals surface area contributed by atoms with Gasteiger partial charge in [-0.1, -0.05) is 30.3 Å². The summed E-state index contributed by atoms with van der Waals surface area (Å²) in [5.74, 6) is 0.368. The van der Waals surface area contributed by atoms with E-state index in [1.165, 1.54) is 6.07 Å². The van der Waals surface area contributed by atoms with Crippen LogP contribution in [0.15, 0.2) is 48.5 Å². The van der Waals surface area contributed by atoms with E-state index in [0.717, 1.165) is 24.2 Å². The topological polar surface area (TPSA) is 38.8 Å². The normalized spacial score (nSPS) is 15.9. The molecule has 27 heavy (non-hydrogen) atoms. The molecule has 0 heterocycles. The Morgan fingerprint density at radius 3 is 2.59 bits per heavy atom. The van der Waals surface area contributed by atoms with E-state index in [2.05, 4.69) is 0 Å². The van der Waals surface area contributed by atoms with Crippen LogP contribution in [0.3, 0.4) is 0 Å². The Kier molecular flexibility index (Phi) is 6.11. The van der Waals surface area contributed by atoms with Crippen LogP contribution in [-0.2, 0) is 16.1 Å². The third kappa shape index (κ3) is 4.66. The minimum Gasteiger partial charge on any atom is -0.497 e. The first kappa shape index (κ1) is 19.4. The smallest absolute Gasteiger partial charge is 0.252 e. The predicted molar refractivity (Wildman–Crippen MR) is 102 cm³/mol. The van der Waals surface area contributed by atoms with Gasteiger partial charge in [-0.05, 0) is 50.5 Å². The highest BCUT2D eigenvalue weighted by atomic mass is 19.1. The number of carbonyl (C=O) groups excluding carboxylic acids is 1. The van der Waals surface area contributed by atoms with Crippen molar-refractivity contribution in [3.05, 3.63) is 65.5 Å². The Bertz CT molecular complexity index is 791. The maximum Gasteiger partial charge on any atom is 0.252 e. The molecule has 0 saturated heterocycles. The third-order valence-corrected chi connectivity index (χ3v) is 4.95. The molecule has 0 aliphatic heterocycles. The Morgan fingerprint density at radius 1 is 1.19 bits per heavy atom. The molecule has 0 bridgehead atoms. The maximum atomic E-state index is 14.2. The molecule has 1 aliphatic carbocycles. The SMILES string of the molecule is COc1cccc(COC(C)C(=O)N(C2CC2)C(C)c2ccccc2F)c1. The van der Waals surface area contributed by atoms with Gasteiger partial charge in [0.2, 0.25) is 0 Å². The van der Waals surface area contributed by atoms with Gasteiger partial charge in [0, 0.05) is 11.6 Å². The number of amides is 1. The fraction of sp³-hybridized carbons (Fsp3) is 0.409. The molecule has 2 unspecified atom stereocenters. The average molecular weight is 371 g/mol. The number of halogens is 1. The number of hydrogen-bond acceptors (Lipinski definition) is 3. The molecule has 0 N–H and O–H groups in total. The predicted octanol–water partition coefficient (Wildman–Crippen LogP) is 4.49. The van der Waals surface area contributed by atoms with Crippen molar-refractivity contribution in [1.29, 1.82) is 0 Å². The van der Waals surface area contributed by atoms with Crippen molar-refractivity contribution >= 4 is 5.91 Å². The zero-order chi connectivity index (χ0) is 19.4. The highest BCUT2D eigenvalue weighted by Gasteiger charge is 2.38. The lowest BCUT2D eigenvalue weighted by Gasteiger charge is -2.32. The highest BCUT2D eigenvalue weighted by Crippen LogP contribution is 2.36. The third-order valence-electron chi connectivity index (χ3n) is 4.95. The van der Waals surface area contributed by atoms with Gasteiger partial charge >= 0.3 is 0 Å². The molecule has 1 fully saturated rings. The molecule has 2 atom stereocenters. The molecule has 4 nitrogen and oxygen atoms in total. The lowest BCUT2D eigenvalue weighted by molar-refractivity contribution is -0.146. The minimum atomic E-state index is -0.606. The summed E-state index contributed by atoms with van der Waals surface area (Å²) in [7, 11) is 1.61. The molecule has 0 spiro atoms. The Morgan fingerprint density at radius 2 is 1.93 bits per heavy atom. The van der Waals surface area contributed by atoms with Gasteiger partial charge in [-0.2, -0.15) is 0 Å². The summed E-state index contributed by atoms with van der Waals surface area (Å²) in [6, 6.07) is 14.0. The monoisotopic (exact) mass is 371 g/mol. The van der Waals surface area contributed by atoms with Crippen LogP contribution >= 0.6 is 0 Å². The summed E-state index contributed by atoms with van der Waals surface area (Å²) in [5.41, 5.74) is 1.48. The van der Waals surface area contributed by atoms with Gasteiger partial charge in [-0.15, -0.1) is 0 Å². The van der Waals surface area contributed by atoms with Gasteiger partial charge in [0.05, 0.1) is 19.8 Å². The van der Waals surface area contributed by atoms with Gasteiger partial charge in [-0.25, -0.2) is 4.39 Å². The molecule has 3 rings (SSSR count).